The number of rotatable bonds is 3. The Morgan fingerprint density at radius 3 is 2.73 bits per heavy atom. The van der Waals surface area contributed by atoms with Gasteiger partial charge in [-0.05, 0) is 30.9 Å². The number of likely N-dealkylation sites (tertiary alicyclic amines) is 1. The number of piperidine rings is 1. The van der Waals surface area contributed by atoms with Crippen molar-refractivity contribution in [2.24, 2.45) is 17.8 Å². The predicted molar refractivity (Wildman–Crippen MR) is 102 cm³/mol. The molecule has 3 heterocycles. The van der Waals surface area contributed by atoms with Crippen molar-refractivity contribution in [3.05, 3.63) is 29.8 Å². The van der Waals surface area contributed by atoms with Crippen LogP contribution in [0.15, 0.2) is 18.2 Å². The Labute approximate surface area is 172 Å². The Balaban J connectivity index is 1.47. The first-order valence-electron chi connectivity index (χ1n) is 10.3. The summed E-state index contributed by atoms with van der Waals surface area (Å²) in [5.41, 5.74) is 6.17. The lowest BCUT2D eigenvalue weighted by Crippen LogP contribution is -2.61. The second-order valence-corrected chi connectivity index (χ2v) is 8.70. The summed E-state index contributed by atoms with van der Waals surface area (Å²) in [6.45, 7) is 1.22. The first kappa shape index (κ1) is 19.5. The van der Waals surface area contributed by atoms with Gasteiger partial charge in [-0.15, -0.1) is 0 Å². The predicted octanol–water partition coefficient (Wildman–Crippen LogP) is 0.353. The minimum absolute atomic E-state index is 0.0133. The van der Waals surface area contributed by atoms with E-state index in [-0.39, 0.29) is 53.6 Å². The Kier molecular flexibility index (Phi) is 4.78. The van der Waals surface area contributed by atoms with E-state index in [1.165, 1.54) is 6.07 Å². The van der Waals surface area contributed by atoms with Gasteiger partial charge in [-0.2, -0.15) is 0 Å². The van der Waals surface area contributed by atoms with Crippen molar-refractivity contribution in [2.75, 3.05) is 20.1 Å². The van der Waals surface area contributed by atoms with Crippen molar-refractivity contribution in [2.45, 2.75) is 37.1 Å². The number of hydrazine groups is 1. The number of amides is 3. The fourth-order valence-electron chi connectivity index (χ4n) is 5.64. The molecule has 3 aliphatic heterocycles. The smallest absolute Gasteiger partial charge is 0.315 e. The molecule has 10 heteroatoms. The van der Waals surface area contributed by atoms with Gasteiger partial charge in [-0.25, -0.2) is 19.0 Å². The molecular formula is C20H25F2N5O3. The third-order valence-electron chi connectivity index (χ3n) is 7.04. The first-order chi connectivity index (χ1) is 14.4. The summed E-state index contributed by atoms with van der Waals surface area (Å²) >= 11 is 0. The average molecular weight is 421 g/mol. The van der Waals surface area contributed by atoms with Crippen molar-refractivity contribution in [1.29, 1.82) is 0 Å². The van der Waals surface area contributed by atoms with Gasteiger partial charge in [0.15, 0.2) is 11.6 Å². The third-order valence-corrected chi connectivity index (χ3v) is 7.04. The third kappa shape index (κ3) is 3.18. The summed E-state index contributed by atoms with van der Waals surface area (Å²) in [4.78, 5) is 26.3. The fourth-order valence-corrected chi connectivity index (χ4v) is 5.64. The molecule has 1 aliphatic carbocycles. The van der Waals surface area contributed by atoms with Gasteiger partial charge in [0.05, 0.1) is 12.1 Å². The summed E-state index contributed by atoms with van der Waals surface area (Å²) in [5, 5.41) is 5.83. The zero-order valence-corrected chi connectivity index (χ0v) is 16.5. The van der Waals surface area contributed by atoms with Crippen molar-refractivity contribution in [3.63, 3.8) is 0 Å². The van der Waals surface area contributed by atoms with Crippen molar-refractivity contribution < 1.29 is 23.1 Å². The number of ether oxygens (including phenoxy) is 1. The minimum atomic E-state index is -0.772. The number of hydrogen-bond acceptors (Lipinski definition) is 5. The summed E-state index contributed by atoms with van der Waals surface area (Å²) in [7, 11) is 1.78. The maximum absolute atomic E-state index is 14.4. The van der Waals surface area contributed by atoms with Gasteiger partial charge in [0, 0.05) is 38.0 Å². The number of nitrogens with one attached hydrogen (secondary N) is 4. The van der Waals surface area contributed by atoms with Crippen LogP contribution in [0, 0.1) is 29.4 Å². The van der Waals surface area contributed by atoms with Crippen LogP contribution in [-0.2, 0) is 4.79 Å². The highest BCUT2D eigenvalue weighted by atomic mass is 19.1. The monoisotopic (exact) mass is 421 g/mol. The van der Waals surface area contributed by atoms with Crippen LogP contribution >= 0.6 is 0 Å². The number of likely N-dealkylation sites (N-methyl/N-ethyl adjacent to an activating group) is 1. The van der Waals surface area contributed by atoms with Crippen LogP contribution in [0.25, 0.3) is 0 Å². The molecule has 4 aliphatic rings. The molecule has 0 spiro atoms. The molecule has 1 aromatic rings. The van der Waals surface area contributed by atoms with Gasteiger partial charge in [-0.3, -0.25) is 10.2 Å². The molecule has 5 rings (SSSR count). The summed E-state index contributed by atoms with van der Waals surface area (Å²) in [5.74, 6) is -1.27. The second-order valence-electron chi connectivity index (χ2n) is 8.70. The Morgan fingerprint density at radius 2 is 1.93 bits per heavy atom. The number of nitrogens with zero attached hydrogens (tertiary/aromatic N) is 1. The molecule has 7 unspecified atom stereocenters. The van der Waals surface area contributed by atoms with Crippen LogP contribution in [0.2, 0.25) is 0 Å². The molecule has 8 nitrogen and oxygen atoms in total. The molecule has 0 aromatic heterocycles. The second kappa shape index (κ2) is 7.35. The highest BCUT2D eigenvalue weighted by molar-refractivity contribution is 5.83. The molecule has 3 amide bonds. The van der Waals surface area contributed by atoms with Gasteiger partial charge in [0.1, 0.15) is 18.0 Å². The lowest BCUT2D eigenvalue weighted by molar-refractivity contribution is -0.140. The Bertz CT molecular complexity index is 871. The molecule has 162 valence electrons. The van der Waals surface area contributed by atoms with Crippen LogP contribution < -0.4 is 26.2 Å². The van der Waals surface area contributed by atoms with Crippen LogP contribution in [0.5, 0.6) is 5.75 Å². The average Bonchev–Trinajstić information content (AvgIpc) is 3.33. The molecule has 30 heavy (non-hydrogen) atoms. The molecular weight excluding hydrogens is 396 g/mol. The zero-order valence-electron chi connectivity index (χ0n) is 16.5. The van der Waals surface area contributed by atoms with E-state index in [0.717, 1.165) is 25.0 Å². The number of urea groups is 1. The fraction of sp³-hybridized carbons (Fsp3) is 0.600. The molecule has 0 radical (unpaired) electrons. The maximum Gasteiger partial charge on any atom is 0.315 e. The Morgan fingerprint density at radius 1 is 1.10 bits per heavy atom. The topological polar surface area (TPSA) is 94.7 Å². The van der Waals surface area contributed by atoms with E-state index in [9.17, 15) is 18.4 Å². The van der Waals surface area contributed by atoms with E-state index in [2.05, 4.69) is 21.5 Å². The Hall–Kier alpha value is -2.46. The SMILES string of the molecule is CN1CC(C2CCC3NC(=O)NC3C2Oc2ccc(F)cc2F)C2CNNC2C1=O. The molecule has 7 atom stereocenters. The molecule has 4 N–H and O–H groups in total. The highest BCUT2D eigenvalue weighted by Gasteiger charge is 2.54. The molecule has 4 fully saturated rings. The number of fused-ring (bicyclic) bond motifs is 2. The quantitative estimate of drug-likeness (QED) is 0.565. The highest BCUT2D eigenvalue weighted by Crippen LogP contribution is 2.42. The lowest BCUT2D eigenvalue weighted by Gasteiger charge is -2.47. The first-order valence-corrected chi connectivity index (χ1v) is 10.3. The van der Waals surface area contributed by atoms with Crippen molar-refractivity contribution in [1.82, 2.24) is 26.4 Å². The number of halogens is 2. The number of carbonyl (C=O) groups excluding carboxylic acids is 2. The van der Waals surface area contributed by atoms with Gasteiger partial charge in [0.25, 0.3) is 0 Å². The van der Waals surface area contributed by atoms with Crippen LogP contribution in [0.1, 0.15) is 12.8 Å². The number of benzene rings is 1. The van der Waals surface area contributed by atoms with Gasteiger partial charge in [0.2, 0.25) is 5.91 Å². The van der Waals surface area contributed by atoms with E-state index < -0.39 is 17.7 Å². The van der Waals surface area contributed by atoms with Crippen molar-refractivity contribution in [3.8, 4) is 5.75 Å². The van der Waals surface area contributed by atoms with E-state index in [4.69, 9.17) is 4.74 Å². The number of hydrogen-bond donors (Lipinski definition) is 4. The van der Waals surface area contributed by atoms with Crippen LogP contribution in [-0.4, -0.2) is 61.2 Å². The summed E-state index contributed by atoms with van der Waals surface area (Å²) in [6.07, 6.45) is 1.04. The summed E-state index contributed by atoms with van der Waals surface area (Å²) < 4.78 is 33.9. The molecule has 0 bridgehead atoms. The van der Waals surface area contributed by atoms with Crippen molar-refractivity contribution >= 4 is 11.9 Å². The van der Waals surface area contributed by atoms with E-state index in [1.54, 1.807) is 11.9 Å². The van der Waals surface area contributed by atoms with Crippen LogP contribution in [0.4, 0.5) is 13.6 Å². The molecule has 1 aromatic carbocycles. The largest absolute Gasteiger partial charge is 0.485 e. The summed E-state index contributed by atoms with van der Waals surface area (Å²) in [6, 6.07) is 2.22. The lowest BCUT2D eigenvalue weighted by atomic mass is 9.67. The zero-order chi connectivity index (χ0) is 21.0. The maximum atomic E-state index is 14.4. The van der Waals surface area contributed by atoms with E-state index in [1.807, 2.05) is 0 Å². The van der Waals surface area contributed by atoms with E-state index >= 15 is 0 Å². The van der Waals surface area contributed by atoms with Gasteiger partial charge < -0.3 is 20.3 Å². The van der Waals surface area contributed by atoms with Crippen LogP contribution in [0.3, 0.4) is 0 Å². The molecule has 3 saturated heterocycles. The number of carbonyl (C=O) groups is 2. The standard InChI is InChI=1S/C20H25F2N5O3/c1-27-8-12(11-7-23-26-16(11)19(27)28)10-3-4-14-17(25-20(29)24-14)18(10)30-15-5-2-9(21)6-13(15)22/h2,5-6,10-12,14,16-18,23,26H,3-4,7-8H2,1H3,(H2,24,25,29). The normalized spacial score (nSPS) is 38.0. The molecule has 1 saturated carbocycles. The van der Waals surface area contributed by atoms with Gasteiger partial charge in [-0.1, -0.05) is 0 Å². The van der Waals surface area contributed by atoms with Gasteiger partial charge >= 0.3 is 6.03 Å². The minimum Gasteiger partial charge on any atom is -0.485 e. The van der Waals surface area contributed by atoms with E-state index in [0.29, 0.717) is 13.1 Å².